The number of ether oxygens (including phenoxy) is 2. The van der Waals surface area contributed by atoms with Gasteiger partial charge in [-0.25, -0.2) is 0 Å². The van der Waals surface area contributed by atoms with Crippen LogP contribution in [0.1, 0.15) is 60.3 Å². The van der Waals surface area contributed by atoms with Gasteiger partial charge in [-0.2, -0.15) is 0 Å². The molecule has 0 aliphatic rings. The fraction of sp³-hybridized carbons (Fsp3) is 1.00. The Balaban J connectivity index is 3.76. The second kappa shape index (κ2) is 12.3. The van der Waals surface area contributed by atoms with Gasteiger partial charge in [-0.1, -0.05) is 27.7 Å². The van der Waals surface area contributed by atoms with Gasteiger partial charge < -0.3 is 26.7 Å². The van der Waals surface area contributed by atoms with Gasteiger partial charge in [0.05, 0.1) is 6.61 Å². The molecule has 0 fully saturated rings. The molecule has 0 aromatic rings. The predicted octanol–water partition coefficient (Wildman–Crippen LogP) is 2.43. The average molecular weight is 318 g/mol. The van der Waals surface area contributed by atoms with Crippen LogP contribution in [0.2, 0.25) is 0 Å². The Morgan fingerprint density at radius 3 is 2.00 bits per heavy atom. The maximum atomic E-state index is 6.09. The largest absolute Gasteiger partial charge is 0.363 e. The maximum absolute atomic E-state index is 6.09. The van der Waals surface area contributed by atoms with Crippen LogP contribution in [0, 0.1) is 17.8 Å². The van der Waals surface area contributed by atoms with E-state index in [4.69, 9.17) is 26.7 Å². The fourth-order valence-electron chi connectivity index (χ4n) is 2.33. The minimum atomic E-state index is -0.223. The van der Waals surface area contributed by atoms with Gasteiger partial charge in [-0.15, -0.1) is 0 Å². The zero-order valence-corrected chi connectivity index (χ0v) is 15.3. The molecule has 5 heteroatoms. The molecule has 0 aromatic carbocycles. The molecule has 5 nitrogen and oxygen atoms in total. The van der Waals surface area contributed by atoms with E-state index in [1.807, 2.05) is 6.92 Å². The summed E-state index contributed by atoms with van der Waals surface area (Å²) in [6.45, 7) is 11.9. The molecule has 22 heavy (non-hydrogen) atoms. The summed E-state index contributed by atoms with van der Waals surface area (Å²) in [7, 11) is 0. The van der Waals surface area contributed by atoms with Crippen LogP contribution in [0.4, 0.5) is 0 Å². The van der Waals surface area contributed by atoms with Crippen molar-refractivity contribution in [2.24, 2.45) is 35.0 Å². The predicted molar refractivity (Wildman–Crippen MR) is 93.1 cm³/mol. The molecule has 0 spiro atoms. The Morgan fingerprint density at radius 2 is 1.45 bits per heavy atom. The van der Waals surface area contributed by atoms with Crippen LogP contribution in [0.3, 0.4) is 0 Å². The molecular formula is C17H39N3O2. The molecule has 0 saturated carbocycles. The molecule has 6 unspecified atom stereocenters. The number of hydrogen-bond donors (Lipinski definition) is 3. The molecule has 0 aromatic heterocycles. The van der Waals surface area contributed by atoms with Crippen LogP contribution >= 0.6 is 0 Å². The van der Waals surface area contributed by atoms with Crippen molar-refractivity contribution in [3.05, 3.63) is 0 Å². The Morgan fingerprint density at radius 1 is 0.864 bits per heavy atom. The van der Waals surface area contributed by atoms with E-state index >= 15 is 0 Å². The molecule has 0 rings (SSSR count). The lowest BCUT2D eigenvalue weighted by Crippen LogP contribution is -2.34. The molecule has 6 N–H and O–H groups in total. The third kappa shape index (κ3) is 10.5. The summed E-state index contributed by atoms with van der Waals surface area (Å²) in [5.74, 6) is 1.15. The number of rotatable bonds is 13. The lowest BCUT2D eigenvalue weighted by atomic mass is 10.0. The summed E-state index contributed by atoms with van der Waals surface area (Å²) >= 11 is 0. The number of hydrogen-bond acceptors (Lipinski definition) is 5. The highest BCUT2D eigenvalue weighted by Crippen LogP contribution is 2.14. The van der Waals surface area contributed by atoms with Gasteiger partial charge in [-0.05, 0) is 50.4 Å². The number of nitrogens with two attached hydrogens (primary N) is 3. The zero-order valence-electron chi connectivity index (χ0n) is 15.3. The first kappa shape index (κ1) is 21.8. The lowest BCUT2D eigenvalue weighted by Gasteiger charge is -2.23. The SMILES string of the molecule is CCC(C)C(N)OCCCC(C)C(N)OCC(C)CC(C)N. The van der Waals surface area contributed by atoms with Gasteiger partial charge in [-0.3, -0.25) is 0 Å². The second-order valence-electron chi connectivity index (χ2n) is 6.96. The normalized spacial score (nSPS) is 20.2. The molecule has 0 aliphatic heterocycles. The van der Waals surface area contributed by atoms with E-state index in [2.05, 4.69) is 27.7 Å². The molecule has 134 valence electrons. The van der Waals surface area contributed by atoms with E-state index in [0.29, 0.717) is 31.0 Å². The molecule has 0 radical (unpaired) electrons. The van der Waals surface area contributed by atoms with Crippen molar-refractivity contribution in [2.45, 2.75) is 78.8 Å². The van der Waals surface area contributed by atoms with Crippen molar-refractivity contribution < 1.29 is 9.47 Å². The van der Waals surface area contributed by atoms with E-state index in [1.54, 1.807) is 0 Å². The van der Waals surface area contributed by atoms with Crippen molar-refractivity contribution in [2.75, 3.05) is 13.2 Å². The summed E-state index contributed by atoms with van der Waals surface area (Å²) < 4.78 is 11.4. The fourth-order valence-corrected chi connectivity index (χ4v) is 2.33. The Kier molecular flexibility index (Phi) is 12.1. The summed E-state index contributed by atoms with van der Waals surface area (Å²) in [5.41, 5.74) is 17.8. The monoisotopic (exact) mass is 317 g/mol. The maximum Gasteiger partial charge on any atom is 0.108 e. The Labute approximate surface area is 137 Å². The summed E-state index contributed by atoms with van der Waals surface area (Å²) in [6, 6.07) is 0.208. The van der Waals surface area contributed by atoms with E-state index in [0.717, 1.165) is 25.7 Å². The van der Waals surface area contributed by atoms with Crippen molar-refractivity contribution in [1.29, 1.82) is 0 Å². The highest BCUT2D eigenvalue weighted by Gasteiger charge is 2.16. The zero-order chi connectivity index (χ0) is 17.1. The molecule has 0 heterocycles. The van der Waals surface area contributed by atoms with Crippen molar-refractivity contribution in [3.63, 3.8) is 0 Å². The summed E-state index contributed by atoms with van der Waals surface area (Å²) in [4.78, 5) is 0. The molecule has 6 atom stereocenters. The van der Waals surface area contributed by atoms with E-state index < -0.39 is 0 Å². The van der Waals surface area contributed by atoms with Crippen LogP contribution in [-0.4, -0.2) is 31.7 Å². The van der Waals surface area contributed by atoms with Gasteiger partial charge in [0.25, 0.3) is 0 Å². The summed E-state index contributed by atoms with van der Waals surface area (Å²) in [6.07, 6.45) is 3.55. The Hall–Kier alpha value is -0.200. The third-order valence-electron chi connectivity index (χ3n) is 4.23. The van der Waals surface area contributed by atoms with Crippen LogP contribution in [-0.2, 0) is 9.47 Å². The van der Waals surface area contributed by atoms with Crippen molar-refractivity contribution >= 4 is 0 Å². The average Bonchev–Trinajstić information content (AvgIpc) is 2.46. The first-order valence-corrected chi connectivity index (χ1v) is 8.77. The highest BCUT2D eigenvalue weighted by molar-refractivity contribution is 4.64. The third-order valence-corrected chi connectivity index (χ3v) is 4.23. The topological polar surface area (TPSA) is 96.5 Å². The second-order valence-corrected chi connectivity index (χ2v) is 6.96. The molecule has 0 amide bonds. The quantitative estimate of drug-likeness (QED) is 0.358. The van der Waals surface area contributed by atoms with Gasteiger partial charge >= 0.3 is 0 Å². The van der Waals surface area contributed by atoms with Crippen LogP contribution in [0.25, 0.3) is 0 Å². The standard InChI is InChI=1S/C17H39N3O2/c1-6-13(3)16(19)21-9-7-8-14(4)17(20)22-11-12(2)10-15(5)18/h12-17H,6-11,18-20H2,1-5H3. The molecule has 0 saturated heterocycles. The van der Waals surface area contributed by atoms with Gasteiger partial charge in [0.2, 0.25) is 0 Å². The van der Waals surface area contributed by atoms with Gasteiger partial charge in [0, 0.05) is 12.6 Å². The van der Waals surface area contributed by atoms with E-state index in [1.165, 1.54) is 0 Å². The smallest absolute Gasteiger partial charge is 0.108 e. The minimum Gasteiger partial charge on any atom is -0.363 e. The van der Waals surface area contributed by atoms with Crippen LogP contribution < -0.4 is 17.2 Å². The van der Waals surface area contributed by atoms with E-state index in [9.17, 15) is 0 Å². The first-order valence-electron chi connectivity index (χ1n) is 8.77. The van der Waals surface area contributed by atoms with Crippen molar-refractivity contribution in [1.82, 2.24) is 0 Å². The summed E-state index contributed by atoms with van der Waals surface area (Å²) in [5, 5.41) is 0. The molecular weight excluding hydrogens is 278 g/mol. The van der Waals surface area contributed by atoms with Crippen LogP contribution in [0.5, 0.6) is 0 Å². The van der Waals surface area contributed by atoms with Gasteiger partial charge in [0.1, 0.15) is 12.5 Å². The van der Waals surface area contributed by atoms with E-state index in [-0.39, 0.29) is 18.5 Å². The molecule has 0 bridgehead atoms. The first-order chi connectivity index (χ1) is 10.3. The lowest BCUT2D eigenvalue weighted by molar-refractivity contribution is -0.00914. The Bertz CT molecular complexity index is 264. The highest BCUT2D eigenvalue weighted by atomic mass is 16.5. The van der Waals surface area contributed by atoms with Crippen LogP contribution in [0.15, 0.2) is 0 Å². The van der Waals surface area contributed by atoms with Gasteiger partial charge in [0.15, 0.2) is 0 Å². The minimum absolute atomic E-state index is 0.163. The van der Waals surface area contributed by atoms with Crippen molar-refractivity contribution in [3.8, 4) is 0 Å². The molecule has 0 aliphatic carbocycles.